The Kier molecular flexibility index (Phi) is 8.35. The third kappa shape index (κ3) is 5.50. The zero-order chi connectivity index (χ0) is 27.8. The molecule has 11 atom stereocenters. The largest absolute Gasteiger partial charge is 0.454 e. The van der Waals surface area contributed by atoms with Crippen molar-refractivity contribution in [3.63, 3.8) is 0 Å². The first kappa shape index (κ1) is 27.9. The van der Waals surface area contributed by atoms with E-state index in [0.717, 1.165) is 29.0 Å². The van der Waals surface area contributed by atoms with Crippen LogP contribution < -0.4 is 9.47 Å². The molecule has 8 nitrogen and oxygen atoms in total. The van der Waals surface area contributed by atoms with E-state index in [9.17, 15) is 0 Å². The summed E-state index contributed by atoms with van der Waals surface area (Å²) in [6, 6.07) is 15.9. The Bertz CT molecular complexity index is 1130. The van der Waals surface area contributed by atoms with E-state index in [1.807, 2.05) is 48.5 Å². The summed E-state index contributed by atoms with van der Waals surface area (Å²) >= 11 is 0. The van der Waals surface area contributed by atoms with Crippen LogP contribution in [-0.4, -0.2) is 50.4 Å². The summed E-state index contributed by atoms with van der Waals surface area (Å²) in [5, 5.41) is 0. The topological polar surface area (TPSA) is 73.8 Å². The Morgan fingerprint density at radius 3 is 2.40 bits per heavy atom. The Morgan fingerprint density at radius 2 is 1.60 bits per heavy atom. The molecule has 0 aromatic heterocycles. The molecule has 4 aliphatic rings. The van der Waals surface area contributed by atoms with Gasteiger partial charge in [-0.25, -0.2) is 0 Å². The highest BCUT2D eigenvalue weighted by Gasteiger charge is 2.51. The maximum absolute atomic E-state index is 6.90. The predicted molar refractivity (Wildman–Crippen MR) is 147 cm³/mol. The standard InChI is InChI=1S/C32H42O8/c1-6-24-19(3)18(2)20(4)31(37-24)39-28-21(5)30(33-15-22-12-13-25-26(14-22)36-17-35-25)38-27-16-34-32(40-29(27)28)23-10-8-7-9-11-23/h7-14,18-21,24,27-32H,6,15-17H2,1-5H3/t18-,19?,20+,21+,24?,27?,28+,29?,30?,31?,32?/m0/s1. The highest BCUT2D eigenvalue weighted by molar-refractivity contribution is 5.44. The average Bonchev–Trinajstić information content (AvgIpc) is 3.46. The van der Waals surface area contributed by atoms with Crippen LogP contribution in [0.5, 0.6) is 11.5 Å². The third-order valence-electron chi connectivity index (χ3n) is 9.24. The van der Waals surface area contributed by atoms with Crippen LogP contribution in [0.15, 0.2) is 48.5 Å². The number of hydrogen-bond acceptors (Lipinski definition) is 8. The molecule has 4 heterocycles. The van der Waals surface area contributed by atoms with Gasteiger partial charge in [-0.1, -0.05) is 71.0 Å². The van der Waals surface area contributed by atoms with Crippen LogP contribution in [0.1, 0.15) is 58.5 Å². The molecule has 0 radical (unpaired) electrons. The molecule has 0 aliphatic carbocycles. The van der Waals surface area contributed by atoms with Crippen LogP contribution >= 0.6 is 0 Å². The fraction of sp³-hybridized carbons (Fsp3) is 0.625. The molecule has 2 aromatic carbocycles. The van der Waals surface area contributed by atoms with Gasteiger partial charge in [0.05, 0.1) is 25.4 Å². The van der Waals surface area contributed by atoms with E-state index in [1.165, 1.54) is 0 Å². The monoisotopic (exact) mass is 554 g/mol. The predicted octanol–water partition coefficient (Wildman–Crippen LogP) is 5.84. The Hall–Kier alpha value is -2.20. The smallest absolute Gasteiger partial charge is 0.231 e. The molecular weight excluding hydrogens is 512 g/mol. The summed E-state index contributed by atoms with van der Waals surface area (Å²) in [7, 11) is 0. The van der Waals surface area contributed by atoms with Crippen molar-refractivity contribution in [2.45, 2.75) is 90.9 Å². The second kappa shape index (κ2) is 12.0. The van der Waals surface area contributed by atoms with Gasteiger partial charge in [-0.2, -0.15) is 0 Å². The van der Waals surface area contributed by atoms with E-state index >= 15 is 0 Å². The van der Waals surface area contributed by atoms with E-state index in [-0.39, 0.29) is 49.3 Å². The second-order valence-electron chi connectivity index (χ2n) is 11.7. The SMILES string of the molecule is CCC1OC(O[C@H]2C3OC(c4ccccc4)OCC3OC(OCc3ccc4c(c3)OCO4)[C@@H]2C)[C@H](C)[C@@H](C)C1C. The van der Waals surface area contributed by atoms with E-state index in [1.54, 1.807) is 0 Å². The highest BCUT2D eigenvalue weighted by Crippen LogP contribution is 2.42. The molecule has 0 saturated carbocycles. The molecular formula is C32H42O8. The summed E-state index contributed by atoms with van der Waals surface area (Å²) in [5.41, 5.74) is 1.96. The van der Waals surface area contributed by atoms with Crippen LogP contribution in [0.4, 0.5) is 0 Å². The van der Waals surface area contributed by atoms with Gasteiger partial charge in [-0.05, 0) is 36.0 Å². The molecule has 7 unspecified atom stereocenters. The lowest BCUT2D eigenvalue weighted by molar-refractivity contribution is -0.379. The summed E-state index contributed by atoms with van der Waals surface area (Å²) < 4.78 is 50.0. The first-order valence-electron chi connectivity index (χ1n) is 14.7. The van der Waals surface area contributed by atoms with Crippen molar-refractivity contribution in [2.24, 2.45) is 23.7 Å². The van der Waals surface area contributed by atoms with E-state index in [2.05, 4.69) is 34.6 Å². The van der Waals surface area contributed by atoms with Crippen LogP contribution in [-0.2, 0) is 35.0 Å². The molecule has 0 bridgehead atoms. The summed E-state index contributed by atoms with van der Waals surface area (Å²) in [6.07, 6.45) is -1.18. The first-order valence-corrected chi connectivity index (χ1v) is 14.7. The van der Waals surface area contributed by atoms with Crippen LogP contribution in [0.25, 0.3) is 0 Å². The molecule has 3 saturated heterocycles. The van der Waals surface area contributed by atoms with E-state index in [0.29, 0.717) is 25.0 Å². The maximum atomic E-state index is 6.90. The lowest BCUT2D eigenvalue weighted by Crippen LogP contribution is -2.61. The van der Waals surface area contributed by atoms with Crippen molar-refractivity contribution in [3.05, 3.63) is 59.7 Å². The zero-order valence-corrected chi connectivity index (χ0v) is 24.1. The maximum Gasteiger partial charge on any atom is 0.231 e. The molecule has 4 aliphatic heterocycles. The minimum atomic E-state index is -0.505. The second-order valence-corrected chi connectivity index (χ2v) is 11.7. The number of hydrogen-bond donors (Lipinski definition) is 0. The molecule has 40 heavy (non-hydrogen) atoms. The van der Waals surface area contributed by atoms with Gasteiger partial charge < -0.3 is 37.9 Å². The number of ether oxygens (including phenoxy) is 8. The molecule has 0 spiro atoms. The van der Waals surface area contributed by atoms with Crippen molar-refractivity contribution < 1.29 is 37.9 Å². The van der Waals surface area contributed by atoms with Gasteiger partial charge in [0.15, 0.2) is 30.4 Å². The zero-order valence-electron chi connectivity index (χ0n) is 24.1. The van der Waals surface area contributed by atoms with Gasteiger partial charge in [0.2, 0.25) is 6.79 Å². The fourth-order valence-electron chi connectivity index (χ4n) is 6.35. The Labute approximate surface area is 237 Å². The van der Waals surface area contributed by atoms with Gasteiger partial charge in [0, 0.05) is 17.4 Å². The normalized spacial score (nSPS) is 39.1. The van der Waals surface area contributed by atoms with Crippen LogP contribution in [0.2, 0.25) is 0 Å². The number of fused-ring (bicyclic) bond motifs is 2. The van der Waals surface area contributed by atoms with Crippen molar-refractivity contribution in [2.75, 3.05) is 13.4 Å². The molecule has 8 heteroatoms. The van der Waals surface area contributed by atoms with Gasteiger partial charge in [-0.15, -0.1) is 0 Å². The lowest BCUT2D eigenvalue weighted by Gasteiger charge is -2.51. The van der Waals surface area contributed by atoms with E-state index < -0.39 is 12.6 Å². The lowest BCUT2D eigenvalue weighted by atomic mass is 9.78. The fourth-order valence-corrected chi connectivity index (χ4v) is 6.35. The van der Waals surface area contributed by atoms with Crippen molar-refractivity contribution in [1.82, 2.24) is 0 Å². The number of benzene rings is 2. The molecule has 0 amide bonds. The van der Waals surface area contributed by atoms with Crippen LogP contribution in [0.3, 0.4) is 0 Å². The summed E-state index contributed by atoms with van der Waals surface area (Å²) in [6.45, 7) is 12.1. The van der Waals surface area contributed by atoms with Crippen LogP contribution in [0, 0.1) is 23.7 Å². The molecule has 218 valence electrons. The summed E-state index contributed by atoms with van der Waals surface area (Å²) in [5.74, 6) is 2.56. The van der Waals surface area contributed by atoms with Crippen molar-refractivity contribution >= 4 is 0 Å². The minimum Gasteiger partial charge on any atom is -0.454 e. The molecule has 2 aromatic rings. The van der Waals surface area contributed by atoms with Crippen molar-refractivity contribution in [1.29, 1.82) is 0 Å². The Morgan fingerprint density at radius 1 is 0.800 bits per heavy atom. The highest BCUT2D eigenvalue weighted by atomic mass is 16.8. The minimum absolute atomic E-state index is 0.115. The van der Waals surface area contributed by atoms with Crippen molar-refractivity contribution in [3.8, 4) is 11.5 Å². The van der Waals surface area contributed by atoms with Gasteiger partial charge in [-0.3, -0.25) is 0 Å². The Balaban J connectivity index is 1.21. The quantitative estimate of drug-likeness (QED) is 0.423. The summed E-state index contributed by atoms with van der Waals surface area (Å²) in [4.78, 5) is 0. The first-order chi connectivity index (χ1) is 19.4. The molecule has 3 fully saturated rings. The van der Waals surface area contributed by atoms with Gasteiger partial charge in [0.25, 0.3) is 0 Å². The number of rotatable bonds is 7. The molecule has 6 rings (SSSR count). The van der Waals surface area contributed by atoms with Gasteiger partial charge >= 0.3 is 0 Å². The van der Waals surface area contributed by atoms with Gasteiger partial charge in [0.1, 0.15) is 12.2 Å². The molecule has 0 N–H and O–H groups in total. The van der Waals surface area contributed by atoms with E-state index in [4.69, 9.17) is 37.9 Å². The third-order valence-corrected chi connectivity index (χ3v) is 9.24. The average molecular weight is 555 g/mol.